The van der Waals surface area contributed by atoms with Crippen LogP contribution in [0.5, 0.6) is 5.75 Å². The molecule has 3 rings (SSSR count). The van der Waals surface area contributed by atoms with Gasteiger partial charge in [-0.3, -0.25) is 9.59 Å². The van der Waals surface area contributed by atoms with Crippen LogP contribution in [0.4, 0.5) is 10.1 Å². The van der Waals surface area contributed by atoms with Gasteiger partial charge >= 0.3 is 5.97 Å². The Morgan fingerprint density at radius 3 is 2.72 bits per heavy atom. The van der Waals surface area contributed by atoms with Crippen molar-refractivity contribution in [2.24, 2.45) is 0 Å². The number of fused-ring (bicyclic) bond motifs is 1. The van der Waals surface area contributed by atoms with E-state index in [0.29, 0.717) is 0 Å². The molecule has 0 saturated heterocycles. The fourth-order valence-corrected chi connectivity index (χ4v) is 3.40. The van der Waals surface area contributed by atoms with Gasteiger partial charge in [-0.25, -0.2) is 4.39 Å². The lowest BCUT2D eigenvalue weighted by molar-refractivity contribution is -0.145. The number of ether oxygens (including phenoxy) is 2. The molecule has 5 nitrogen and oxygen atoms in total. The molecule has 1 N–H and O–H groups in total. The Morgan fingerprint density at radius 1 is 1.12 bits per heavy atom. The molecular weight excluding hydrogens is 345 g/mol. The van der Waals surface area contributed by atoms with E-state index in [-0.39, 0.29) is 31.3 Å². The molecule has 7 heteroatoms. The van der Waals surface area contributed by atoms with Gasteiger partial charge in [-0.15, -0.1) is 11.8 Å². The zero-order chi connectivity index (χ0) is 17.6. The molecule has 0 bridgehead atoms. The van der Waals surface area contributed by atoms with Crippen LogP contribution in [-0.4, -0.2) is 30.3 Å². The molecule has 1 amide bonds. The zero-order valence-electron chi connectivity index (χ0n) is 13.2. The maximum Gasteiger partial charge on any atom is 0.307 e. The third kappa shape index (κ3) is 4.51. The number of halogens is 1. The molecule has 1 heterocycles. The maximum atomic E-state index is 13.4. The Hall–Kier alpha value is -2.54. The van der Waals surface area contributed by atoms with Crippen LogP contribution in [0.15, 0.2) is 53.4 Å². The van der Waals surface area contributed by atoms with Crippen LogP contribution < -0.4 is 10.1 Å². The standard InChI is InChI=1S/C18H16FNO4S/c19-12-5-1-3-7-14(12)23-9-10-24-17(21)11-16-18(22)20-13-6-2-4-8-15(13)25-16/h1-8,16H,9-11H2,(H,20,22). The van der Waals surface area contributed by atoms with Gasteiger partial charge < -0.3 is 14.8 Å². The van der Waals surface area contributed by atoms with Crippen molar-refractivity contribution in [3.8, 4) is 5.75 Å². The molecule has 0 radical (unpaired) electrons. The van der Waals surface area contributed by atoms with Gasteiger partial charge in [0.2, 0.25) is 5.91 Å². The number of thioether (sulfide) groups is 1. The Labute approximate surface area is 148 Å². The molecule has 1 atom stereocenters. The lowest BCUT2D eigenvalue weighted by atomic mass is 10.2. The molecule has 2 aromatic rings. The summed E-state index contributed by atoms with van der Waals surface area (Å²) in [5.41, 5.74) is 0.750. The number of hydrogen-bond donors (Lipinski definition) is 1. The minimum Gasteiger partial charge on any atom is -0.487 e. The number of benzene rings is 2. The summed E-state index contributed by atoms with van der Waals surface area (Å²) in [6, 6.07) is 13.4. The topological polar surface area (TPSA) is 64.6 Å². The number of amides is 1. The van der Waals surface area contributed by atoms with Crippen LogP contribution in [0.25, 0.3) is 0 Å². The number of carbonyl (C=O) groups excluding carboxylic acids is 2. The molecule has 2 aromatic carbocycles. The van der Waals surface area contributed by atoms with Gasteiger partial charge in [0.15, 0.2) is 11.6 Å². The summed E-state index contributed by atoms with van der Waals surface area (Å²) in [4.78, 5) is 24.9. The Morgan fingerprint density at radius 2 is 1.88 bits per heavy atom. The Kier molecular flexibility index (Phi) is 5.55. The van der Waals surface area contributed by atoms with Crippen LogP contribution in [0.3, 0.4) is 0 Å². The summed E-state index contributed by atoms with van der Waals surface area (Å²) < 4.78 is 23.6. The first kappa shape index (κ1) is 17.3. The zero-order valence-corrected chi connectivity index (χ0v) is 14.1. The van der Waals surface area contributed by atoms with Gasteiger partial charge in [0.25, 0.3) is 0 Å². The molecule has 1 unspecified atom stereocenters. The summed E-state index contributed by atoms with van der Waals surface area (Å²) >= 11 is 1.34. The summed E-state index contributed by atoms with van der Waals surface area (Å²) in [5.74, 6) is -1.08. The molecule has 0 saturated carbocycles. The third-order valence-electron chi connectivity index (χ3n) is 3.50. The SMILES string of the molecule is O=C(CC1Sc2ccccc2NC1=O)OCCOc1ccccc1F. The third-order valence-corrected chi connectivity index (χ3v) is 4.77. The van der Waals surface area contributed by atoms with E-state index in [9.17, 15) is 14.0 Å². The Bertz CT molecular complexity index is 783. The highest BCUT2D eigenvalue weighted by Gasteiger charge is 2.29. The Balaban J connectivity index is 1.44. The van der Waals surface area contributed by atoms with E-state index in [2.05, 4.69) is 5.32 Å². The monoisotopic (exact) mass is 361 g/mol. The van der Waals surface area contributed by atoms with Crippen LogP contribution in [0.1, 0.15) is 6.42 Å². The largest absolute Gasteiger partial charge is 0.487 e. The fraction of sp³-hybridized carbons (Fsp3) is 0.222. The second kappa shape index (κ2) is 8.02. The van der Waals surface area contributed by atoms with Gasteiger partial charge in [0, 0.05) is 4.90 Å². The van der Waals surface area contributed by atoms with Gasteiger partial charge in [-0.2, -0.15) is 0 Å². The number of carbonyl (C=O) groups is 2. The second-order valence-electron chi connectivity index (χ2n) is 5.30. The molecule has 1 aliphatic heterocycles. The van der Waals surface area contributed by atoms with Crippen molar-refractivity contribution in [3.63, 3.8) is 0 Å². The van der Waals surface area contributed by atoms with Crippen molar-refractivity contribution in [2.75, 3.05) is 18.5 Å². The summed E-state index contributed by atoms with van der Waals surface area (Å²) in [6.45, 7) is 0.0300. The minimum atomic E-state index is -0.533. The second-order valence-corrected chi connectivity index (χ2v) is 6.54. The van der Waals surface area contributed by atoms with Crippen molar-refractivity contribution in [1.29, 1.82) is 0 Å². The van der Waals surface area contributed by atoms with Crippen molar-refractivity contribution in [2.45, 2.75) is 16.6 Å². The summed E-state index contributed by atoms with van der Waals surface area (Å²) in [5, 5.41) is 2.24. The van der Waals surface area contributed by atoms with E-state index >= 15 is 0 Å². The van der Waals surface area contributed by atoms with Gasteiger partial charge in [-0.05, 0) is 24.3 Å². The van der Waals surface area contributed by atoms with Crippen LogP contribution in [0.2, 0.25) is 0 Å². The van der Waals surface area contributed by atoms with Crippen molar-refractivity contribution < 1.29 is 23.5 Å². The number of esters is 1. The van der Waals surface area contributed by atoms with E-state index in [1.165, 1.54) is 23.9 Å². The average Bonchev–Trinajstić information content (AvgIpc) is 2.61. The van der Waals surface area contributed by atoms with Crippen LogP contribution >= 0.6 is 11.8 Å². The van der Waals surface area contributed by atoms with E-state index in [1.54, 1.807) is 12.1 Å². The van der Waals surface area contributed by atoms with Crippen molar-refractivity contribution >= 4 is 29.3 Å². The van der Waals surface area contributed by atoms with Gasteiger partial charge in [0.1, 0.15) is 13.2 Å². The number of nitrogens with one attached hydrogen (secondary N) is 1. The molecule has 0 spiro atoms. The fourth-order valence-electron chi connectivity index (χ4n) is 2.31. The van der Waals surface area contributed by atoms with E-state index in [4.69, 9.17) is 9.47 Å². The predicted octanol–water partition coefficient (Wildman–Crippen LogP) is 3.25. The number of anilines is 1. The van der Waals surface area contributed by atoms with E-state index < -0.39 is 17.0 Å². The highest BCUT2D eigenvalue weighted by atomic mass is 32.2. The van der Waals surface area contributed by atoms with Crippen molar-refractivity contribution in [3.05, 3.63) is 54.3 Å². The predicted molar refractivity (Wildman–Crippen MR) is 92.2 cm³/mol. The van der Waals surface area contributed by atoms with Crippen LogP contribution in [0, 0.1) is 5.82 Å². The van der Waals surface area contributed by atoms with Gasteiger partial charge in [0.05, 0.1) is 17.4 Å². The van der Waals surface area contributed by atoms with Crippen LogP contribution in [-0.2, 0) is 14.3 Å². The molecule has 0 aromatic heterocycles. The molecule has 130 valence electrons. The highest BCUT2D eigenvalue weighted by Crippen LogP contribution is 2.36. The average molecular weight is 361 g/mol. The summed E-state index contributed by atoms with van der Waals surface area (Å²) in [7, 11) is 0. The molecule has 25 heavy (non-hydrogen) atoms. The maximum absolute atomic E-state index is 13.4. The minimum absolute atomic E-state index is 0.0112. The van der Waals surface area contributed by atoms with Gasteiger partial charge in [-0.1, -0.05) is 24.3 Å². The summed E-state index contributed by atoms with van der Waals surface area (Å²) in [6.07, 6.45) is -0.0372. The lowest BCUT2D eigenvalue weighted by Gasteiger charge is -2.23. The first-order chi connectivity index (χ1) is 12.1. The van der Waals surface area contributed by atoms with E-state index in [1.807, 2.05) is 24.3 Å². The molecule has 1 aliphatic rings. The molecule has 0 aliphatic carbocycles. The number of para-hydroxylation sites is 2. The lowest BCUT2D eigenvalue weighted by Crippen LogP contribution is -2.31. The molecule has 0 fully saturated rings. The highest BCUT2D eigenvalue weighted by molar-refractivity contribution is 8.01. The smallest absolute Gasteiger partial charge is 0.307 e. The van der Waals surface area contributed by atoms with E-state index in [0.717, 1.165) is 10.6 Å². The quantitative estimate of drug-likeness (QED) is 0.632. The first-order valence-electron chi connectivity index (χ1n) is 7.73. The first-order valence-corrected chi connectivity index (χ1v) is 8.61. The van der Waals surface area contributed by atoms with Crippen molar-refractivity contribution in [1.82, 2.24) is 0 Å². The molecular formula is C18H16FNO4S. The number of hydrogen-bond acceptors (Lipinski definition) is 5. The number of rotatable bonds is 6. The normalized spacial score (nSPS) is 15.9.